The quantitative estimate of drug-likeness (QED) is 0.711. The highest BCUT2D eigenvalue weighted by atomic mass is 31.2. The molecule has 9 nitrogen and oxygen atoms in total. The number of nitrogens with zero attached hydrogens (tertiary/aromatic N) is 3. The number of aromatic amines is 1. The molecule has 0 bridgehead atoms. The van der Waals surface area contributed by atoms with Gasteiger partial charge < -0.3 is 24.7 Å². The third-order valence-corrected chi connectivity index (χ3v) is 4.40. The van der Waals surface area contributed by atoms with Crippen LogP contribution in [0.1, 0.15) is 12.5 Å². The monoisotopic (exact) mass is 351 g/mol. The van der Waals surface area contributed by atoms with Crippen molar-refractivity contribution in [3.63, 3.8) is 0 Å². The summed E-state index contributed by atoms with van der Waals surface area (Å²) in [4.78, 5) is 22.4. The molecule has 0 saturated carbocycles. The third-order valence-electron chi connectivity index (χ3n) is 3.65. The maximum absolute atomic E-state index is 11.9. The number of nitrogens with one attached hydrogen (secondary N) is 1. The molecule has 2 aromatic rings. The molecule has 0 amide bonds. The molecule has 0 spiro atoms. The Kier molecular flexibility index (Phi) is 3.76. The number of allylic oxidation sites excluding steroid dienone is 2. The number of aliphatic hydroxyl groups is 1. The average Bonchev–Trinajstić information content (AvgIpc) is 2.98. The zero-order valence-electron chi connectivity index (χ0n) is 13.3. The lowest BCUT2D eigenvalue weighted by atomic mass is 10.1. The van der Waals surface area contributed by atoms with Crippen molar-refractivity contribution in [3.05, 3.63) is 40.4 Å². The van der Waals surface area contributed by atoms with Crippen molar-refractivity contribution in [3.8, 4) is 0 Å². The minimum atomic E-state index is -2.41. The highest BCUT2D eigenvalue weighted by Gasteiger charge is 2.33. The second kappa shape index (κ2) is 5.52. The van der Waals surface area contributed by atoms with Gasteiger partial charge in [-0.25, -0.2) is 4.98 Å². The molecule has 0 saturated heterocycles. The Bertz CT molecular complexity index is 967. The van der Waals surface area contributed by atoms with Gasteiger partial charge in [0.15, 0.2) is 16.9 Å². The van der Waals surface area contributed by atoms with Gasteiger partial charge in [-0.05, 0) is 13.3 Å². The molecule has 1 aliphatic carbocycles. The van der Waals surface area contributed by atoms with Gasteiger partial charge in [-0.15, -0.1) is 0 Å². The number of fused-ring (bicyclic) bond motifs is 1. The van der Waals surface area contributed by atoms with Crippen molar-refractivity contribution < 1.29 is 14.4 Å². The minimum absolute atomic E-state index is 0.00761. The summed E-state index contributed by atoms with van der Waals surface area (Å²) in [5.74, 6) is 0.214. The molecule has 0 unspecified atom stereocenters. The molecule has 2 aromatic heterocycles. The Morgan fingerprint density at radius 3 is 2.96 bits per heavy atom. The summed E-state index contributed by atoms with van der Waals surface area (Å²) >= 11 is 0. The van der Waals surface area contributed by atoms with Crippen LogP contribution in [0.5, 0.6) is 0 Å². The van der Waals surface area contributed by atoms with Crippen LogP contribution in [-0.2, 0) is 9.30 Å². The van der Waals surface area contributed by atoms with E-state index in [2.05, 4.69) is 21.5 Å². The van der Waals surface area contributed by atoms with Crippen molar-refractivity contribution in [2.45, 2.75) is 12.5 Å². The number of hydrogen-bond donors (Lipinski definition) is 3. The van der Waals surface area contributed by atoms with E-state index in [1.54, 1.807) is 17.9 Å². The summed E-state index contributed by atoms with van der Waals surface area (Å²) in [5, 5.41) is 10.2. The number of hydrogen-bond acceptors (Lipinski definition) is 7. The first-order valence-corrected chi connectivity index (χ1v) is 9.96. The van der Waals surface area contributed by atoms with E-state index in [4.69, 9.17) is 10.5 Å². The van der Waals surface area contributed by atoms with Gasteiger partial charge in [-0.3, -0.25) is 9.78 Å². The van der Waals surface area contributed by atoms with E-state index in [1.165, 1.54) is 6.33 Å². The zero-order chi connectivity index (χ0) is 17.6. The number of nitrogen functional groups attached to an aromatic ring is 1. The number of H-pyrrole nitrogens is 1. The maximum atomic E-state index is 11.9. The summed E-state index contributed by atoms with van der Waals surface area (Å²) in [6.45, 7) is 7.15. The van der Waals surface area contributed by atoms with Crippen LogP contribution in [0.25, 0.3) is 11.2 Å². The van der Waals surface area contributed by atoms with Gasteiger partial charge in [0, 0.05) is 12.0 Å². The smallest absolute Gasteiger partial charge is 0.280 e. The van der Waals surface area contributed by atoms with E-state index in [-0.39, 0.29) is 35.8 Å². The fourth-order valence-electron chi connectivity index (χ4n) is 2.57. The van der Waals surface area contributed by atoms with Crippen LogP contribution in [0.3, 0.4) is 0 Å². The van der Waals surface area contributed by atoms with E-state index < -0.39 is 18.7 Å². The Morgan fingerprint density at radius 2 is 2.29 bits per heavy atom. The van der Waals surface area contributed by atoms with E-state index >= 15 is 0 Å². The summed E-state index contributed by atoms with van der Waals surface area (Å²) < 4.78 is 18.9. The van der Waals surface area contributed by atoms with Crippen LogP contribution >= 0.6 is 7.14 Å². The van der Waals surface area contributed by atoms with Crippen molar-refractivity contribution in [2.24, 2.45) is 0 Å². The molecule has 0 aliphatic heterocycles. The standard InChI is InChI=1S/C14H18N5O4P/c1-7-8(4-9(20)11(7)23-6-24(2,3)22)19-5-16-10-12(19)17-14(15)18-13(10)21/h5,8,20H,1,4,6H2,2-3H3,(H3,15,17,18,21)/t8-/m0/s1. The van der Waals surface area contributed by atoms with Gasteiger partial charge in [0.25, 0.3) is 5.56 Å². The van der Waals surface area contributed by atoms with Gasteiger partial charge in [-0.2, -0.15) is 4.98 Å². The number of nitrogens with two attached hydrogens (primary N) is 1. The van der Waals surface area contributed by atoms with E-state index in [1.807, 2.05) is 0 Å². The number of anilines is 1. The number of aliphatic hydroxyl groups excluding tert-OH is 1. The Morgan fingerprint density at radius 1 is 1.58 bits per heavy atom. The predicted octanol–water partition coefficient (Wildman–Crippen LogP) is 1.57. The Hall–Kier alpha value is -2.54. The van der Waals surface area contributed by atoms with Crippen LogP contribution in [-0.4, -0.2) is 44.3 Å². The normalized spacial score (nSPS) is 18.6. The first kappa shape index (κ1) is 16.3. The van der Waals surface area contributed by atoms with Crippen molar-refractivity contribution in [1.29, 1.82) is 0 Å². The molecular formula is C14H18N5O4P. The average molecular weight is 351 g/mol. The Balaban J connectivity index is 1.95. The maximum Gasteiger partial charge on any atom is 0.280 e. The van der Waals surface area contributed by atoms with E-state index in [0.717, 1.165) is 0 Å². The van der Waals surface area contributed by atoms with Crippen molar-refractivity contribution in [2.75, 3.05) is 25.4 Å². The minimum Gasteiger partial charge on any atom is -0.508 e. The molecule has 0 aromatic carbocycles. The molecular weight excluding hydrogens is 333 g/mol. The van der Waals surface area contributed by atoms with Gasteiger partial charge in [0.1, 0.15) is 19.2 Å². The first-order valence-electron chi connectivity index (χ1n) is 7.18. The van der Waals surface area contributed by atoms with Crippen LogP contribution in [0.2, 0.25) is 0 Å². The fraction of sp³-hybridized carbons (Fsp3) is 0.357. The third kappa shape index (κ3) is 2.82. The van der Waals surface area contributed by atoms with Gasteiger partial charge >= 0.3 is 0 Å². The largest absolute Gasteiger partial charge is 0.508 e. The molecule has 2 heterocycles. The fourth-order valence-corrected chi connectivity index (χ4v) is 3.01. The number of rotatable bonds is 4. The first-order chi connectivity index (χ1) is 11.2. The molecule has 0 fully saturated rings. The zero-order valence-corrected chi connectivity index (χ0v) is 14.2. The number of ether oxygens (including phenoxy) is 1. The summed E-state index contributed by atoms with van der Waals surface area (Å²) in [6, 6.07) is -0.410. The van der Waals surface area contributed by atoms with Gasteiger partial charge in [-0.1, -0.05) is 6.58 Å². The highest BCUT2D eigenvalue weighted by Crippen LogP contribution is 2.43. The van der Waals surface area contributed by atoms with E-state index in [0.29, 0.717) is 11.2 Å². The molecule has 24 heavy (non-hydrogen) atoms. The highest BCUT2D eigenvalue weighted by molar-refractivity contribution is 7.62. The molecule has 1 atom stereocenters. The lowest BCUT2D eigenvalue weighted by molar-refractivity contribution is 0.247. The summed E-state index contributed by atoms with van der Waals surface area (Å²) in [5.41, 5.74) is 6.10. The summed E-state index contributed by atoms with van der Waals surface area (Å²) in [7, 11) is -2.41. The van der Waals surface area contributed by atoms with Gasteiger partial charge in [0.2, 0.25) is 5.95 Å². The lowest BCUT2D eigenvalue weighted by Crippen LogP contribution is -2.14. The van der Waals surface area contributed by atoms with Crippen LogP contribution < -0.4 is 11.3 Å². The molecule has 128 valence electrons. The second-order valence-electron chi connectivity index (χ2n) is 6.14. The Labute approximate surface area is 137 Å². The predicted molar refractivity (Wildman–Crippen MR) is 90.4 cm³/mol. The van der Waals surface area contributed by atoms with Gasteiger partial charge in [0.05, 0.1) is 12.4 Å². The van der Waals surface area contributed by atoms with E-state index in [9.17, 15) is 14.5 Å². The van der Waals surface area contributed by atoms with Crippen LogP contribution in [0, 0.1) is 0 Å². The number of aromatic nitrogens is 4. The van der Waals surface area contributed by atoms with Crippen molar-refractivity contribution >= 4 is 24.3 Å². The van der Waals surface area contributed by atoms with Crippen molar-refractivity contribution in [1.82, 2.24) is 19.5 Å². The molecule has 1 aliphatic rings. The van der Waals surface area contributed by atoms with Crippen LogP contribution in [0.15, 0.2) is 34.8 Å². The molecule has 4 N–H and O–H groups in total. The molecule has 10 heteroatoms. The lowest BCUT2D eigenvalue weighted by Gasteiger charge is -2.16. The topological polar surface area (TPSA) is 136 Å². The SMILES string of the molecule is C=C1C(OCP(C)(C)=O)=C(O)C[C@@H]1n1cnc2c(=O)[nH]c(N)nc21. The second-order valence-corrected chi connectivity index (χ2v) is 9.55. The van der Waals surface area contributed by atoms with Crippen LogP contribution in [0.4, 0.5) is 5.95 Å². The molecule has 0 radical (unpaired) electrons. The summed E-state index contributed by atoms with van der Waals surface area (Å²) in [6.07, 6.45) is 1.67. The molecule has 3 rings (SSSR count). The number of imidazole rings is 1.